The number of carbonyl (C=O) groups is 1. The van der Waals surface area contributed by atoms with Crippen molar-refractivity contribution >= 4 is 23.1 Å². The van der Waals surface area contributed by atoms with Gasteiger partial charge in [0.1, 0.15) is 5.82 Å². The van der Waals surface area contributed by atoms with Gasteiger partial charge in [0.15, 0.2) is 11.5 Å². The van der Waals surface area contributed by atoms with Crippen molar-refractivity contribution in [3.8, 4) is 27.9 Å². The summed E-state index contributed by atoms with van der Waals surface area (Å²) in [5, 5.41) is 10.1. The van der Waals surface area contributed by atoms with Gasteiger partial charge >= 0.3 is 0 Å². The molecule has 7 nitrogen and oxygen atoms in total. The molecule has 0 bridgehead atoms. The highest BCUT2D eigenvalue weighted by Crippen LogP contribution is 2.36. The summed E-state index contributed by atoms with van der Waals surface area (Å²) in [6.45, 7) is 6.13. The quantitative estimate of drug-likeness (QED) is 0.496. The number of aromatic nitrogens is 3. The van der Waals surface area contributed by atoms with E-state index in [0.717, 1.165) is 33.8 Å². The summed E-state index contributed by atoms with van der Waals surface area (Å²) in [4.78, 5) is 17.5. The lowest BCUT2D eigenvalue weighted by atomic mass is 10.1. The summed E-state index contributed by atoms with van der Waals surface area (Å²) < 4.78 is 12.5. The Bertz CT molecular complexity index is 1310. The zero-order chi connectivity index (χ0) is 21.5. The fourth-order valence-electron chi connectivity index (χ4n) is 3.36. The molecular weight excluding hydrogens is 412 g/mol. The third kappa shape index (κ3) is 3.66. The van der Waals surface area contributed by atoms with Gasteiger partial charge in [0, 0.05) is 22.6 Å². The van der Waals surface area contributed by atoms with Gasteiger partial charge in [-0.3, -0.25) is 4.79 Å². The number of rotatable bonds is 4. The van der Waals surface area contributed by atoms with Gasteiger partial charge in [0.25, 0.3) is 5.91 Å². The van der Waals surface area contributed by atoms with Crippen LogP contribution in [0.2, 0.25) is 0 Å². The summed E-state index contributed by atoms with van der Waals surface area (Å²) in [7, 11) is 0. The van der Waals surface area contributed by atoms with Crippen LogP contribution in [0.1, 0.15) is 27.2 Å². The van der Waals surface area contributed by atoms with Gasteiger partial charge in [-0.25, -0.2) is 4.98 Å². The largest absolute Gasteiger partial charge is 0.454 e. The molecule has 0 spiro atoms. The Morgan fingerprint density at radius 1 is 1.03 bits per heavy atom. The molecular formula is C23H20N4O3S. The fourth-order valence-corrected chi connectivity index (χ4v) is 4.15. The number of anilines is 1. The minimum Gasteiger partial charge on any atom is -0.454 e. The Balaban J connectivity index is 1.43. The number of amides is 1. The summed E-state index contributed by atoms with van der Waals surface area (Å²) in [5.41, 5.74) is 5.35. The molecule has 8 heteroatoms. The molecule has 2 aromatic heterocycles. The average Bonchev–Trinajstić information content (AvgIpc) is 3.48. The van der Waals surface area contributed by atoms with E-state index in [9.17, 15) is 4.79 Å². The van der Waals surface area contributed by atoms with E-state index in [4.69, 9.17) is 14.5 Å². The monoisotopic (exact) mass is 432 g/mol. The number of nitrogens with one attached hydrogen (secondary N) is 1. The van der Waals surface area contributed by atoms with Gasteiger partial charge in [-0.1, -0.05) is 6.07 Å². The van der Waals surface area contributed by atoms with E-state index in [0.29, 0.717) is 22.3 Å². The standard InChI is InChI=1S/C23H20N4O3S/c1-13-4-5-17(8-14(13)2)22(28)25-21-9-15(3)26-27(21)23-24-18(11-31-23)16-6-7-19-20(10-16)30-12-29-19/h4-11H,12H2,1-3H3,(H,25,28). The molecule has 4 aromatic rings. The van der Waals surface area contributed by atoms with Gasteiger partial charge in [-0.2, -0.15) is 9.78 Å². The van der Waals surface area contributed by atoms with Gasteiger partial charge in [0.05, 0.1) is 11.4 Å². The molecule has 0 radical (unpaired) electrons. The van der Waals surface area contributed by atoms with Crippen molar-refractivity contribution < 1.29 is 14.3 Å². The van der Waals surface area contributed by atoms with Crippen molar-refractivity contribution in [3.05, 3.63) is 70.2 Å². The first-order chi connectivity index (χ1) is 15.0. The van der Waals surface area contributed by atoms with E-state index in [2.05, 4.69) is 10.4 Å². The number of hydrogen-bond acceptors (Lipinski definition) is 6. The molecule has 1 N–H and O–H groups in total. The number of nitrogens with zero attached hydrogens (tertiary/aromatic N) is 3. The molecule has 0 saturated carbocycles. The van der Waals surface area contributed by atoms with Crippen molar-refractivity contribution in [2.24, 2.45) is 0 Å². The van der Waals surface area contributed by atoms with Crippen LogP contribution in [0.4, 0.5) is 5.82 Å². The van der Waals surface area contributed by atoms with Crippen LogP contribution in [-0.2, 0) is 0 Å². The molecule has 5 rings (SSSR count). The summed E-state index contributed by atoms with van der Waals surface area (Å²) in [5.74, 6) is 1.84. The van der Waals surface area contributed by atoms with Crippen LogP contribution in [0.25, 0.3) is 16.4 Å². The van der Waals surface area contributed by atoms with Crippen molar-refractivity contribution in [1.29, 1.82) is 0 Å². The second kappa shape index (κ2) is 7.55. The first-order valence-electron chi connectivity index (χ1n) is 9.79. The summed E-state index contributed by atoms with van der Waals surface area (Å²) in [6.07, 6.45) is 0. The fraction of sp³-hybridized carbons (Fsp3) is 0.174. The molecule has 0 saturated heterocycles. The van der Waals surface area contributed by atoms with E-state index in [-0.39, 0.29) is 12.7 Å². The first-order valence-corrected chi connectivity index (χ1v) is 10.7. The number of thiazole rings is 1. The zero-order valence-electron chi connectivity index (χ0n) is 17.3. The highest BCUT2D eigenvalue weighted by molar-refractivity contribution is 7.12. The maximum absolute atomic E-state index is 12.8. The minimum absolute atomic E-state index is 0.184. The SMILES string of the molecule is Cc1cc(NC(=O)c2ccc(C)c(C)c2)n(-c2nc(-c3ccc4c(c3)OCO4)cs2)n1. The van der Waals surface area contributed by atoms with Crippen molar-refractivity contribution in [3.63, 3.8) is 0 Å². The number of aryl methyl sites for hydroxylation is 3. The molecule has 1 aliphatic heterocycles. The summed E-state index contributed by atoms with van der Waals surface area (Å²) >= 11 is 1.45. The molecule has 1 amide bonds. The molecule has 0 fully saturated rings. The smallest absolute Gasteiger partial charge is 0.256 e. The Morgan fingerprint density at radius 3 is 2.71 bits per heavy atom. The summed E-state index contributed by atoms with van der Waals surface area (Å²) in [6, 6.07) is 13.2. The lowest BCUT2D eigenvalue weighted by molar-refractivity contribution is 0.102. The Hall–Kier alpha value is -3.65. The number of hydrogen-bond donors (Lipinski definition) is 1. The van der Waals surface area contributed by atoms with Crippen LogP contribution >= 0.6 is 11.3 Å². The van der Waals surface area contributed by atoms with E-state index in [1.807, 2.05) is 68.6 Å². The predicted octanol–water partition coefficient (Wildman–Crippen LogP) is 4.90. The normalized spacial score (nSPS) is 12.2. The number of fused-ring (bicyclic) bond motifs is 1. The molecule has 3 heterocycles. The zero-order valence-corrected chi connectivity index (χ0v) is 18.1. The van der Waals surface area contributed by atoms with Crippen LogP contribution in [0.3, 0.4) is 0 Å². The highest BCUT2D eigenvalue weighted by atomic mass is 32.1. The molecule has 2 aromatic carbocycles. The Morgan fingerprint density at radius 2 is 1.87 bits per heavy atom. The Labute approximate surface area is 183 Å². The average molecular weight is 433 g/mol. The van der Waals surface area contributed by atoms with Crippen molar-refractivity contribution in [2.45, 2.75) is 20.8 Å². The van der Waals surface area contributed by atoms with Gasteiger partial charge in [-0.15, -0.1) is 11.3 Å². The molecule has 31 heavy (non-hydrogen) atoms. The molecule has 156 valence electrons. The maximum atomic E-state index is 12.8. The van der Waals surface area contributed by atoms with Crippen LogP contribution in [0, 0.1) is 20.8 Å². The van der Waals surface area contributed by atoms with E-state index in [1.165, 1.54) is 11.3 Å². The second-order valence-electron chi connectivity index (χ2n) is 7.42. The van der Waals surface area contributed by atoms with Crippen LogP contribution in [-0.4, -0.2) is 27.5 Å². The van der Waals surface area contributed by atoms with Crippen LogP contribution in [0.15, 0.2) is 47.8 Å². The molecule has 1 aliphatic rings. The second-order valence-corrected chi connectivity index (χ2v) is 8.26. The van der Waals surface area contributed by atoms with Crippen molar-refractivity contribution in [2.75, 3.05) is 12.1 Å². The van der Waals surface area contributed by atoms with Gasteiger partial charge in [0.2, 0.25) is 11.9 Å². The first kappa shape index (κ1) is 19.3. The van der Waals surface area contributed by atoms with Gasteiger partial charge in [-0.05, 0) is 62.2 Å². The Kier molecular flexibility index (Phi) is 4.71. The predicted molar refractivity (Wildman–Crippen MR) is 119 cm³/mol. The molecule has 0 unspecified atom stereocenters. The van der Waals surface area contributed by atoms with E-state index >= 15 is 0 Å². The number of carbonyl (C=O) groups excluding carboxylic acids is 1. The maximum Gasteiger partial charge on any atom is 0.256 e. The van der Waals surface area contributed by atoms with Gasteiger partial charge < -0.3 is 14.8 Å². The number of benzene rings is 2. The van der Waals surface area contributed by atoms with Crippen LogP contribution < -0.4 is 14.8 Å². The van der Waals surface area contributed by atoms with E-state index < -0.39 is 0 Å². The molecule has 0 atom stereocenters. The number of ether oxygens (including phenoxy) is 2. The topological polar surface area (TPSA) is 78.3 Å². The minimum atomic E-state index is -0.184. The van der Waals surface area contributed by atoms with Crippen LogP contribution in [0.5, 0.6) is 11.5 Å². The highest BCUT2D eigenvalue weighted by Gasteiger charge is 2.18. The lowest BCUT2D eigenvalue weighted by Gasteiger charge is -2.08. The molecule has 0 aliphatic carbocycles. The van der Waals surface area contributed by atoms with Crippen molar-refractivity contribution in [1.82, 2.24) is 14.8 Å². The third-order valence-electron chi connectivity index (χ3n) is 5.18. The third-order valence-corrected chi connectivity index (χ3v) is 6.00. The lowest BCUT2D eigenvalue weighted by Crippen LogP contribution is -2.15. The van der Waals surface area contributed by atoms with E-state index in [1.54, 1.807) is 4.68 Å².